The van der Waals surface area contributed by atoms with Crippen molar-refractivity contribution in [2.45, 2.75) is 104 Å². The summed E-state index contributed by atoms with van der Waals surface area (Å²) in [6, 6.07) is 6.58. The van der Waals surface area contributed by atoms with Crippen LogP contribution < -0.4 is 15.8 Å². The average molecular weight is 563 g/mol. The Morgan fingerprint density at radius 2 is 1.52 bits per heavy atom. The van der Waals surface area contributed by atoms with Crippen molar-refractivity contribution in [3.63, 3.8) is 0 Å². The Morgan fingerprint density at radius 3 is 2.02 bits per heavy atom. The van der Waals surface area contributed by atoms with Gasteiger partial charge in [0, 0.05) is 12.8 Å². The fourth-order valence-corrected chi connectivity index (χ4v) is 4.14. The molecule has 9 nitrogen and oxygen atoms in total. The Morgan fingerprint density at radius 1 is 0.900 bits per heavy atom. The van der Waals surface area contributed by atoms with Gasteiger partial charge >= 0.3 is 5.97 Å². The van der Waals surface area contributed by atoms with Crippen LogP contribution in [0.1, 0.15) is 86.1 Å². The van der Waals surface area contributed by atoms with Gasteiger partial charge in [0.25, 0.3) is 0 Å². The number of Topliss-reactive ketones (excluding diaryl/α,β-unsaturated/α-hetero) is 2. The average Bonchev–Trinajstić information content (AvgIpc) is 2.84. The first-order valence-corrected chi connectivity index (χ1v) is 14.1. The molecule has 0 radical (unpaired) electrons. The van der Waals surface area contributed by atoms with Gasteiger partial charge in [-0.1, -0.05) is 12.1 Å². The maximum atomic E-state index is 13.5. The van der Waals surface area contributed by atoms with E-state index in [-0.39, 0.29) is 36.6 Å². The lowest BCUT2D eigenvalue weighted by Crippen LogP contribution is -2.46. The third-order valence-electron chi connectivity index (χ3n) is 6.09. The maximum absolute atomic E-state index is 13.5. The number of hydrogen-bond acceptors (Lipinski definition) is 8. The molecule has 1 rings (SSSR count). The summed E-state index contributed by atoms with van der Waals surface area (Å²) in [5.41, 5.74) is 5.67. The Hall–Kier alpha value is -2.78. The first-order chi connectivity index (χ1) is 18.5. The van der Waals surface area contributed by atoms with E-state index >= 15 is 0 Å². The molecule has 0 bridgehead atoms. The molecule has 0 heterocycles. The number of carbonyl (C=O) groups is 4. The highest BCUT2D eigenvalue weighted by Crippen LogP contribution is 2.22. The van der Waals surface area contributed by atoms with E-state index in [9.17, 15) is 19.2 Å². The zero-order valence-electron chi connectivity index (χ0n) is 25.6. The van der Waals surface area contributed by atoms with Crippen LogP contribution in [0.15, 0.2) is 24.3 Å². The first-order valence-electron chi connectivity index (χ1n) is 14.1. The molecule has 0 aliphatic heterocycles. The molecule has 1 aromatic rings. The molecule has 1 amide bonds. The molecule has 0 unspecified atom stereocenters. The topological polar surface area (TPSA) is 134 Å². The van der Waals surface area contributed by atoms with Crippen molar-refractivity contribution >= 4 is 23.4 Å². The summed E-state index contributed by atoms with van der Waals surface area (Å²) in [4.78, 5) is 51.2. The van der Waals surface area contributed by atoms with Gasteiger partial charge in [-0.2, -0.15) is 0 Å². The predicted molar refractivity (Wildman–Crippen MR) is 155 cm³/mol. The second kappa shape index (κ2) is 16.5. The molecule has 0 aliphatic rings. The summed E-state index contributed by atoms with van der Waals surface area (Å²) in [7, 11) is 1.29. The lowest BCUT2D eigenvalue weighted by atomic mass is 9.90. The van der Waals surface area contributed by atoms with Crippen LogP contribution in [0.5, 0.6) is 5.75 Å². The Kier molecular flexibility index (Phi) is 14.5. The molecule has 0 fully saturated rings. The number of benzene rings is 1. The number of rotatable bonds is 17. The standard InChI is InChI=1S/C31H50N2O7/c1-21(34)17-24(20-39-30(2,3)4)28(36)33-26(11-9-10-16-32)27(35)19-23(29(37)38-8)18-22-12-14-25(15-13-22)40-31(5,6)7/h12-15,23-24,26H,9-11,16-20,32H2,1-8H3,(H,33,36)/t23-,24+,26+/m1/s1. The van der Waals surface area contributed by atoms with E-state index in [2.05, 4.69) is 5.32 Å². The Labute approximate surface area is 239 Å². The minimum Gasteiger partial charge on any atom is -0.488 e. The molecule has 3 N–H and O–H groups in total. The number of nitrogens with two attached hydrogens (primary N) is 1. The molecule has 1 aromatic carbocycles. The van der Waals surface area contributed by atoms with Crippen LogP contribution in [0.4, 0.5) is 0 Å². The molecule has 0 saturated carbocycles. The van der Waals surface area contributed by atoms with Gasteiger partial charge in [0.05, 0.1) is 37.2 Å². The van der Waals surface area contributed by atoms with Crippen molar-refractivity contribution in [1.29, 1.82) is 0 Å². The largest absolute Gasteiger partial charge is 0.488 e. The fraction of sp³-hybridized carbons (Fsp3) is 0.677. The molecule has 3 atom stereocenters. The number of unbranched alkanes of at least 4 members (excludes halogenated alkanes) is 1. The number of hydrogen-bond donors (Lipinski definition) is 2. The smallest absolute Gasteiger partial charge is 0.309 e. The summed E-state index contributed by atoms with van der Waals surface area (Å²) in [6.07, 6.45) is 1.89. The lowest BCUT2D eigenvalue weighted by Gasteiger charge is -2.26. The number of nitrogens with one attached hydrogen (secondary N) is 1. The van der Waals surface area contributed by atoms with Crippen LogP contribution in [0, 0.1) is 11.8 Å². The number of ketones is 2. The van der Waals surface area contributed by atoms with Crippen LogP contribution in [-0.2, 0) is 35.1 Å². The van der Waals surface area contributed by atoms with Gasteiger partial charge in [-0.25, -0.2) is 0 Å². The highest BCUT2D eigenvalue weighted by Gasteiger charge is 2.31. The van der Waals surface area contributed by atoms with Crippen molar-refractivity contribution in [2.75, 3.05) is 20.3 Å². The molecule has 0 aliphatic carbocycles. The highest BCUT2D eigenvalue weighted by atomic mass is 16.5. The van der Waals surface area contributed by atoms with E-state index in [4.69, 9.17) is 19.9 Å². The zero-order chi connectivity index (χ0) is 30.5. The monoisotopic (exact) mass is 562 g/mol. The third-order valence-corrected chi connectivity index (χ3v) is 6.09. The number of amides is 1. The summed E-state index contributed by atoms with van der Waals surface area (Å²) < 4.78 is 16.7. The van der Waals surface area contributed by atoms with Gasteiger partial charge in [0.15, 0.2) is 5.78 Å². The lowest BCUT2D eigenvalue weighted by molar-refractivity contribution is -0.147. The SMILES string of the molecule is COC(=O)[C@@H](CC(=O)[C@H](CCCCN)NC(=O)[C@H](COC(C)(C)C)CC(C)=O)Cc1ccc(OC(C)(C)C)cc1. The van der Waals surface area contributed by atoms with Crippen LogP contribution in [-0.4, -0.2) is 60.9 Å². The summed E-state index contributed by atoms with van der Waals surface area (Å²) in [6.45, 7) is 13.4. The Bertz CT molecular complexity index is 961. The number of ether oxygens (including phenoxy) is 3. The molecular formula is C31H50N2O7. The third kappa shape index (κ3) is 14.6. The second-order valence-corrected chi connectivity index (χ2v) is 12.3. The van der Waals surface area contributed by atoms with Gasteiger partial charge < -0.3 is 30.1 Å². The van der Waals surface area contributed by atoms with Crippen LogP contribution in [0.2, 0.25) is 0 Å². The van der Waals surface area contributed by atoms with Gasteiger partial charge in [-0.15, -0.1) is 0 Å². The number of methoxy groups -OCH3 is 1. The van der Waals surface area contributed by atoms with E-state index < -0.39 is 35.4 Å². The summed E-state index contributed by atoms with van der Waals surface area (Å²) in [5.74, 6) is -2.08. The Balaban J connectivity index is 3.06. The van der Waals surface area contributed by atoms with Crippen LogP contribution >= 0.6 is 0 Å². The van der Waals surface area contributed by atoms with Gasteiger partial charge in [-0.3, -0.25) is 14.4 Å². The quantitative estimate of drug-likeness (QED) is 0.213. The van der Waals surface area contributed by atoms with E-state index in [0.717, 1.165) is 5.56 Å². The highest BCUT2D eigenvalue weighted by molar-refractivity contribution is 5.93. The minimum atomic E-state index is -0.821. The summed E-state index contributed by atoms with van der Waals surface area (Å²) in [5, 5.41) is 2.84. The maximum Gasteiger partial charge on any atom is 0.309 e. The van der Waals surface area contributed by atoms with Gasteiger partial charge in [0.1, 0.15) is 17.1 Å². The predicted octanol–water partition coefficient (Wildman–Crippen LogP) is 4.18. The van der Waals surface area contributed by atoms with Gasteiger partial charge in [-0.05, 0) is 98.4 Å². The molecular weight excluding hydrogens is 512 g/mol. The molecule has 226 valence electrons. The minimum absolute atomic E-state index is 0.00529. The molecule has 0 saturated heterocycles. The van der Waals surface area contributed by atoms with Crippen molar-refractivity contribution in [3.8, 4) is 5.75 Å². The van der Waals surface area contributed by atoms with Crippen molar-refractivity contribution < 1.29 is 33.4 Å². The van der Waals surface area contributed by atoms with E-state index in [1.165, 1.54) is 14.0 Å². The van der Waals surface area contributed by atoms with Crippen LogP contribution in [0.25, 0.3) is 0 Å². The van der Waals surface area contributed by atoms with Crippen molar-refractivity contribution in [1.82, 2.24) is 5.32 Å². The van der Waals surface area contributed by atoms with Crippen LogP contribution in [0.3, 0.4) is 0 Å². The van der Waals surface area contributed by atoms with E-state index in [1.807, 2.05) is 65.8 Å². The number of carbonyl (C=O) groups excluding carboxylic acids is 4. The fourth-order valence-electron chi connectivity index (χ4n) is 4.14. The molecule has 0 spiro atoms. The summed E-state index contributed by atoms with van der Waals surface area (Å²) >= 11 is 0. The van der Waals surface area contributed by atoms with Crippen molar-refractivity contribution in [3.05, 3.63) is 29.8 Å². The first kappa shape index (κ1) is 35.2. The van der Waals surface area contributed by atoms with E-state index in [1.54, 1.807) is 0 Å². The van der Waals surface area contributed by atoms with E-state index in [0.29, 0.717) is 38.0 Å². The van der Waals surface area contributed by atoms with Gasteiger partial charge in [0.2, 0.25) is 5.91 Å². The normalized spacial score (nSPS) is 14.1. The molecule has 9 heteroatoms. The zero-order valence-corrected chi connectivity index (χ0v) is 25.6. The molecule has 40 heavy (non-hydrogen) atoms. The molecule has 0 aromatic heterocycles. The number of esters is 1. The van der Waals surface area contributed by atoms with Crippen molar-refractivity contribution in [2.24, 2.45) is 17.6 Å². The second-order valence-electron chi connectivity index (χ2n) is 12.3.